The van der Waals surface area contributed by atoms with Crippen LogP contribution in [-0.4, -0.2) is 21.9 Å². The van der Waals surface area contributed by atoms with Gasteiger partial charge in [0, 0.05) is 9.64 Å². The van der Waals surface area contributed by atoms with E-state index in [0.29, 0.717) is 3.57 Å². The molecule has 8 heteroatoms. The van der Waals surface area contributed by atoms with Crippen molar-refractivity contribution in [1.29, 1.82) is 0 Å². The minimum atomic E-state index is -1.20. The summed E-state index contributed by atoms with van der Waals surface area (Å²) in [5.74, 6) is -1.94. The van der Waals surface area contributed by atoms with Gasteiger partial charge in [-0.1, -0.05) is 12.1 Å². The van der Waals surface area contributed by atoms with Gasteiger partial charge < -0.3 is 10.4 Å². The third kappa shape index (κ3) is 3.39. The zero-order chi connectivity index (χ0) is 16.3. The number of benzene rings is 2. The second-order valence-corrected chi connectivity index (χ2v) is 5.47. The molecule has 0 saturated carbocycles. The first-order chi connectivity index (χ1) is 10.4. The highest BCUT2D eigenvalue weighted by Gasteiger charge is 2.21. The highest BCUT2D eigenvalue weighted by atomic mass is 127. The number of nitro groups is 1. The largest absolute Gasteiger partial charge is 0.478 e. The Kier molecular flexibility index (Phi) is 4.71. The molecular weight excluding hydrogens is 403 g/mol. The summed E-state index contributed by atoms with van der Waals surface area (Å²) in [5.41, 5.74) is -0.486. The van der Waals surface area contributed by atoms with Gasteiger partial charge in [-0.05, 0) is 46.9 Å². The van der Waals surface area contributed by atoms with Crippen molar-refractivity contribution in [2.75, 3.05) is 5.32 Å². The van der Waals surface area contributed by atoms with E-state index in [-0.39, 0.29) is 22.5 Å². The number of hydrogen-bond acceptors (Lipinski definition) is 4. The van der Waals surface area contributed by atoms with Crippen LogP contribution in [0, 0.1) is 13.7 Å². The number of carboxylic acids is 1. The Morgan fingerprint density at radius 3 is 2.45 bits per heavy atom. The molecule has 1 amide bonds. The van der Waals surface area contributed by atoms with Crippen LogP contribution in [0.2, 0.25) is 0 Å². The van der Waals surface area contributed by atoms with E-state index in [0.717, 1.165) is 0 Å². The summed E-state index contributed by atoms with van der Waals surface area (Å²) in [6.07, 6.45) is 0. The van der Waals surface area contributed by atoms with Crippen molar-refractivity contribution in [3.63, 3.8) is 0 Å². The molecule has 0 radical (unpaired) electrons. The average molecular weight is 412 g/mol. The summed E-state index contributed by atoms with van der Waals surface area (Å²) in [5, 5.41) is 22.5. The minimum Gasteiger partial charge on any atom is -0.478 e. The van der Waals surface area contributed by atoms with Gasteiger partial charge in [-0.3, -0.25) is 14.9 Å². The number of nitro benzene ring substituents is 1. The molecule has 0 aliphatic carbocycles. The summed E-state index contributed by atoms with van der Waals surface area (Å²) in [4.78, 5) is 33.7. The number of hydrogen-bond donors (Lipinski definition) is 2. The van der Waals surface area contributed by atoms with Crippen LogP contribution in [-0.2, 0) is 0 Å². The molecule has 0 aliphatic heterocycles. The Morgan fingerprint density at radius 1 is 1.14 bits per heavy atom. The summed E-state index contributed by atoms with van der Waals surface area (Å²) in [6, 6.07) is 9.93. The van der Waals surface area contributed by atoms with Crippen LogP contribution < -0.4 is 5.32 Å². The van der Waals surface area contributed by atoms with Crippen molar-refractivity contribution < 1.29 is 19.6 Å². The number of carbonyl (C=O) groups is 2. The fourth-order valence-corrected chi connectivity index (χ4v) is 2.31. The van der Waals surface area contributed by atoms with E-state index in [9.17, 15) is 19.7 Å². The van der Waals surface area contributed by atoms with E-state index in [4.69, 9.17) is 5.11 Å². The number of rotatable bonds is 4. The SMILES string of the molecule is O=C(O)c1cc(I)ccc1NC(=O)c1ccccc1[N+](=O)[O-]. The molecule has 0 bridgehead atoms. The molecule has 0 aliphatic rings. The van der Waals surface area contributed by atoms with E-state index in [2.05, 4.69) is 5.32 Å². The fourth-order valence-electron chi connectivity index (χ4n) is 1.82. The number of para-hydroxylation sites is 1. The number of nitrogens with zero attached hydrogens (tertiary/aromatic N) is 1. The number of anilines is 1. The zero-order valence-corrected chi connectivity index (χ0v) is 13.1. The molecule has 0 heterocycles. The predicted octanol–water partition coefficient (Wildman–Crippen LogP) is 3.15. The maximum atomic E-state index is 12.2. The van der Waals surface area contributed by atoms with Crippen LogP contribution in [0.4, 0.5) is 11.4 Å². The summed E-state index contributed by atoms with van der Waals surface area (Å²) < 4.78 is 0.693. The second-order valence-electron chi connectivity index (χ2n) is 4.22. The second kappa shape index (κ2) is 6.52. The molecule has 0 aromatic heterocycles. The lowest BCUT2D eigenvalue weighted by molar-refractivity contribution is -0.385. The highest BCUT2D eigenvalue weighted by molar-refractivity contribution is 14.1. The quantitative estimate of drug-likeness (QED) is 0.456. The van der Waals surface area contributed by atoms with Gasteiger partial charge in [0.05, 0.1) is 16.2 Å². The van der Waals surface area contributed by atoms with Crippen molar-refractivity contribution in [2.24, 2.45) is 0 Å². The number of carbonyl (C=O) groups excluding carboxylic acids is 1. The van der Waals surface area contributed by atoms with Crippen LogP contribution in [0.15, 0.2) is 42.5 Å². The van der Waals surface area contributed by atoms with E-state index in [1.54, 1.807) is 6.07 Å². The molecule has 2 rings (SSSR count). The average Bonchev–Trinajstić information content (AvgIpc) is 2.48. The summed E-state index contributed by atoms with van der Waals surface area (Å²) in [7, 11) is 0. The third-order valence-electron chi connectivity index (χ3n) is 2.81. The molecule has 2 N–H and O–H groups in total. The Hall–Kier alpha value is -2.49. The normalized spacial score (nSPS) is 10.0. The van der Waals surface area contributed by atoms with Crippen LogP contribution in [0.5, 0.6) is 0 Å². The van der Waals surface area contributed by atoms with E-state index in [1.807, 2.05) is 22.6 Å². The fraction of sp³-hybridized carbons (Fsp3) is 0. The van der Waals surface area contributed by atoms with Crippen molar-refractivity contribution >= 4 is 45.8 Å². The molecule has 2 aromatic carbocycles. The smallest absolute Gasteiger partial charge is 0.337 e. The first-order valence-corrected chi connectivity index (χ1v) is 7.05. The van der Waals surface area contributed by atoms with E-state index in [1.165, 1.54) is 36.4 Å². The lowest BCUT2D eigenvalue weighted by Crippen LogP contribution is -2.16. The number of carboxylic acid groups (broad SMARTS) is 1. The first-order valence-electron chi connectivity index (χ1n) is 5.97. The molecule has 22 heavy (non-hydrogen) atoms. The molecule has 7 nitrogen and oxygen atoms in total. The molecule has 0 spiro atoms. The molecule has 0 saturated heterocycles. The van der Waals surface area contributed by atoms with Crippen molar-refractivity contribution in [3.8, 4) is 0 Å². The molecule has 2 aromatic rings. The number of amides is 1. The van der Waals surface area contributed by atoms with Gasteiger partial charge in [-0.2, -0.15) is 0 Å². The van der Waals surface area contributed by atoms with Crippen LogP contribution in [0.1, 0.15) is 20.7 Å². The lowest BCUT2D eigenvalue weighted by Gasteiger charge is -2.09. The van der Waals surface area contributed by atoms with Gasteiger partial charge in [-0.25, -0.2) is 4.79 Å². The Balaban J connectivity index is 2.38. The summed E-state index contributed by atoms with van der Waals surface area (Å²) in [6.45, 7) is 0. The molecule has 0 atom stereocenters. The Labute approximate surface area is 138 Å². The lowest BCUT2D eigenvalue weighted by atomic mass is 10.1. The monoisotopic (exact) mass is 412 g/mol. The number of nitrogens with one attached hydrogen (secondary N) is 1. The van der Waals surface area contributed by atoms with Crippen molar-refractivity contribution in [3.05, 3.63) is 67.3 Å². The molecule has 0 fully saturated rings. The number of halogens is 1. The zero-order valence-electron chi connectivity index (χ0n) is 10.9. The van der Waals surface area contributed by atoms with Crippen LogP contribution in [0.25, 0.3) is 0 Å². The van der Waals surface area contributed by atoms with Crippen LogP contribution >= 0.6 is 22.6 Å². The van der Waals surface area contributed by atoms with Gasteiger partial charge in [0.1, 0.15) is 5.56 Å². The van der Waals surface area contributed by atoms with E-state index < -0.39 is 16.8 Å². The molecule has 112 valence electrons. The molecule has 0 unspecified atom stereocenters. The maximum absolute atomic E-state index is 12.2. The highest BCUT2D eigenvalue weighted by Crippen LogP contribution is 2.22. The topological polar surface area (TPSA) is 110 Å². The maximum Gasteiger partial charge on any atom is 0.337 e. The summed E-state index contributed by atoms with van der Waals surface area (Å²) >= 11 is 1.95. The minimum absolute atomic E-state index is 0.0797. The number of aromatic carboxylic acids is 1. The van der Waals surface area contributed by atoms with E-state index >= 15 is 0 Å². The Morgan fingerprint density at radius 2 is 1.82 bits per heavy atom. The predicted molar refractivity (Wildman–Crippen MR) is 87.2 cm³/mol. The Bertz CT molecular complexity index is 776. The van der Waals surface area contributed by atoms with Crippen molar-refractivity contribution in [1.82, 2.24) is 0 Å². The van der Waals surface area contributed by atoms with Gasteiger partial charge in [0.15, 0.2) is 0 Å². The first kappa shape index (κ1) is 15.9. The van der Waals surface area contributed by atoms with Crippen LogP contribution in [0.3, 0.4) is 0 Å². The van der Waals surface area contributed by atoms with Gasteiger partial charge in [0.2, 0.25) is 0 Å². The standard InChI is InChI=1S/C14H9IN2O5/c15-8-5-6-11(10(7-8)14(19)20)16-13(18)9-3-1-2-4-12(9)17(21)22/h1-7H,(H,16,18)(H,19,20). The molecular formula is C14H9IN2O5. The van der Waals surface area contributed by atoms with Gasteiger partial charge in [0.25, 0.3) is 11.6 Å². The van der Waals surface area contributed by atoms with Gasteiger partial charge >= 0.3 is 5.97 Å². The third-order valence-corrected chi connectivity index (χ3v) is 3.48. The van der Waals surface area contributed by atoms with Crippen molar-refractivity contribution in [2.45, 2.75) is 0 Å². The van der Waals surface area contributed by atoms with Gasteiger partial charge in [-0.15, -0.1) is 0 Å².